The Bertz CT molecular complexity index is 834. The van der Waals surface area contributed by atoms with Crippen LogP contribution >= 0.6 is 0 Å². The van der Waals surface area contributed by atoms with Crippen LogP contribution in [0.2, 0.25) is 0 Å². The summed E-state index contributed by atoms with van der Waals surface area (Å²) < 4.78 is 51.4. The van der Waals surface area contributed by atoms with E-state index in [1.54, 1.807) is 18.2 Å². The maximum atomic E-state index is 14.1. The van der Waals surface area contributed by atoms with E-state index in [1.165, 1.54) is 14.2 Å². The zero-order valence-corrected chi connectivity index (χ0v) is 14.1. The maximum absolute atomic E-state index is 14.1. The van der Waals surface area contributed by atoms with Gasteiger partial charge in [0.05, 0.1) is 14.2 Å². The van der Waals surface area contributed by atoms with Gasteiger partial charge in [0.25, 0.3) is 10.0 Å². The predicted octanol–water partition coefficient (Wildman–Crippen LogP) is 3.26. The Kier molecular flexibility index (Phi) is 4.79. The minimum atomic E-state index is -4.09. The average Bonchev–Trinajstić information content (AvgIpc) is 2.50. The highest BCUT2D eigenvalue weighted by Crippen LogP contribution is 2.32. The van der Waals surface area contributed by atoms with Crippen molar-refractivity contribution in [3.05, 3.63) is 47.3 Å². The molecule has 1 N–H and O–H groups in total. The summed E-state index contributed by atoms with van der Waals surface area (Å²) in [5.74, 6) is -0.663. The summed E-state index contributed by atoms with van der Waals surface area (Å²) in [6, 6.07) is 7.17. The molecule has 0 saturated heterocycles. The molecule has 0 aliphatic carbocycles. The molecule has 0 atom stereocenters. The summed E-state index contributed by atoms with van der Waals surface area (Å²) >= 11 is 0. The van der Waals surface area contributed by atoms with Crippen molar-refractivity contribution in [2.24, 2.45) is 0 Å². The molecule has 23 heavy (non-hydrogen) atoms. The maximum Gasteiger partial charge on any atom is 0.264 e. The molecule has 0 saturated carbocycles. The van der Waals surface area contributed by atoms with E-state index in [4.69, 9.17) is 9.47 Å². The van der Waals surface area contributed by atoms with Crippen molar-refractivity contribution in [1.82, 2.24) is 0 Å². The molecule has 0 bridgehead atoms. The van der Waals surface area contributed by atoms with Gasteiger partial charge in [-0.2, -0.15) is 0 Å². The van der Waals surface area contributed by atoms with Crippen LogP contribution in [0, 0.1) is 19.7 Å². The van der Waals surface area contributed by atoms with Crippen molar-refractivity contribution in [3.8, 4) is 11.5 Å². The quantitative estimate of drug-likeness (QED) is 0.908. The molecule has 2 aromatic rings. The molecule has 0 unspecified atom stereocenters. The smallest absolute Gasteiger partial charge is 0.264 e. The third-order valence-electron chi connectivity index (χ3n) is 3.49. The Labute approximate surface area is 135 Å². The number of halogens is 1. The highest BCUT2D eigenvalue weighted by Gasteiger charge is 2.23. The molecular weight excluding hydrogens is 321 g/mol. The van der Waals surface area contributed by atoms with Gasteiger partial charge in [-0.1, -0.05) is 6.07 Å². The van der Waals surface area contributed by atoms with Crippen molar-refractivity contribution in [1.29, 1.82) is 0 Å². The first-order valence-corrected chi connectivity index (χ1v) is 8.28. The van der Waals surface area contributed by atoms with Gasteiger partial charge in [-0.05, 0) is 37.1 Å². The zero-order valence-electron chi connectivity index (χ0n) is 13.3. The molecule has 124 valence electrons. The number of hydrogen-bond acceptors (Lipinski definition) is 4. The second kappa shape index (κ2) is 6.45. The fourth-order valence-electron chi connectivity index (χ4n) is 2.06. The Morgan fingerprint density at radius 3 is 2.13 bits per heavy atom. The summed E-state index contributed by atoms with van der Waals surface area (Å²) in [6.07, 6.45) is 0. The molecule has 0 radical (unpaired) electrons. The second-order valence-corrected chi connectivity index (χ2v) is 6.69. The molecular formula is C16H18FNO4S. The van der Waals surface area contributed by atoms with Crippen LogP contribution in [0.25, 0.3) is 0 Å². The van der Waals surface area contributed by atoms with Crippen molar-refractivity contribution in [2.45, 2.75) is 18.7 Å². The van der Waals surface area contributed by atoms with Crippen LogP contribution in [-0.2, 0) is 10.0 Å². The van der Waals surface area contributed by atoms with Gasteiger partial charge in [0.1, 0.15) is 10.7 Å². The van der Waals surface area contributed by atoms with Gasteiger partial charge >= 0.3 is 0 Å². The van der Waals surface area contributed by atoms with E-state index in [0.29, 0.717) is 5.69 Å². The summed E-state index contributed by atoms with van der Waals surface area (Å²) in [6.45, 7) is 3.78. The highest BCUT2D eigenvalue weighted by molar-refractivity contribution is 7.92. The standard InChI is InChI=1S/C16H18FNO4S/c1-10-5-6-12(7-11(10)2)18-23(19,20)16-9-15(22-4)14(21-3)8-13(16)17/h5-9,18H,1-4H3. The fraction of sp³-hybridized carbons (Fsp3) is 0.250. The topological polar surface area (TPSA) is 64.6 Å². The number of benzene rings is 2. The SMILES string of the molecule is COc1cc(F)c(S(=O)(=O)Nc2ccc(C)c(C)c2)cc1OC. The van der Waals surface area contributed by atoms with Crippen LogP contribution in [0.3, 0.4) is 0 Å². The summed E-state index contributed by atoms with van der Waals surface area (Å²) in [7, 11) is -1.40. The number of sulfonamides is 1. The van der Waals surface area contributed by atoms with Gasteiger partial charge in [-0.25, -0.2) is 12.8 Å². The molecule has 7 heteroatoms. The predicted molar refractivity (Wildman–Crippen MR) is 86.2 cm³/mol. The number of anilines is 1. The van der Waals surface area contributed by atoms with Gasteiger partial charge in [-0.15, -0.1) is 0 Å². The number of methoxy groups -OCH3 is 2. The molecule has 0 aliphatic heterocycles. The zero-order chi connectivity index (χ0) is 17.2. The first kappa shape index (κ1) is 17.1. The van der Waals surface area contributed by atoms with E-state index in [2.05, 4.69) is 4.72 Å². The number of nitrogens with one attached hydrogen (secondary N) is 1. The van der Waals surface area contributed by atoms with Gasteiger partial charge in [0.15, 0.2) is 11.5 Å². The Morgan fingerprint density at radius 2 is 1.57 bits per heavy atom. The molecule has 0 heterocycles. The first-order chi connectivity index (χ1) is 10.8. The van der Waals surface area contributed by atoms with E-state index >= 15 is 0 Å². The monoisotopic (exact) mass is 339 g/mol. The van der Waals surface area contributed by atoms with Gasteiger partial charge in [-0.3, -0.25) is 4.72 Å². The third kappa shape index (κ3) is 3.56. The lowest BCUT2D eigenvalue weighted by Crippen LogP contribution is -2.15. The van der Waals surface area contributed by atoms with Crippen LogP contribution in [0.5, 0.6) is 11.5 Å². The van der Waals surface area contributed by atoms with E-state index in [1.807, 2.05) is 13.8 Å². The minimum absolute atomic E-state index is 0.120. The normalized spacial score (nSPS) is 11.2. The fourth-order valence-corrected chi connectivity index (χ4v) is 3.18. The molecule has 0 aliphatic rings. The van der Waals surface area contributed by atoms with Crippen molar-refractivity contribution < 1.29 is 22.3 Å². The van der Waals surface area contributed by atoms with Crippen LogP contribution in [0.15, 0.2) is 35.2 Å². The number of aryl methyl sites for hydroxylation is 2. The lowest BCUT2D eigenvalue weighted by Gasteiger charge is -2.13. The largest absolute Gasteiger partial charge is 0.493 e. The van der Waals surface area contributed by atoms with E-state index in [-0.39, 0.29) is 11.5 Å². The van der Waals surface area contributed by atoms with Gasteiger partial charge in [0.2, 0.25) is 0 Å². The van der Waals surface area contributed by atoms with Crippen molar-refractivity contribution >= 4 is 15.7 Å². The lowest BCUT2D eigenvalue weighted by atomic mass is 10.1. The lowest BCUT2D eigenvalue weighted by molar-refractivity contribution is 0.350. The summed E-state index contributed by atoms with van der Waals surface area (Å²) in [4.78, 5) is -0.506. The molecule has 0 fully saturated rings. The van der Waals surface area contributed by atoms with Crippen LogP contribution in [0.1, 0.15) is 11.1 Å². The Balaban J connectivity index is 2.45. The van der Waals surface area contributed by atoms with E-state index in [0.717, 1.165) is 23.3 Å². The van der Waals surface area contributed by atoms with Crippen molar-refractivity contribution in [2.75, 3.05) is 18.9 Å². The van der Waals surface area contributed by atoms with E-state index < -0.39 is 20.7 Å². The molecule has 0 spiro atoms. The van der Waals surface area contributed by atoms with Gasteiger partial charge in [0, 0.05) is 17.8 Å². The third-order valence-corrected chi connectivity index (χ3v) is 4.88. The minimum Gasteiger partial charge on any atom is -0.493 e. The van der Waals surface area contributed by atoms with Crippen LogP contribution in [-0.4, -0.2) is 22.6 Å². The molecule has 2 rings (SSSR count). The van der Waals surface area contributed by atoms with Gasteiger partial charge < -0.3 is 9.47 Å². The average molecular weight is 339 g/mol. The first-order valence-electron chi connectivity index (χ1n) is 6.80. The van der Waals surface area contributed by atoms with Crippen LogP contribution < -0.4 is 14.2 Å². The molecule has 5 nitrogen and oxygen atoms in total. The molecule has 2 aromatic carbocycles. The summed E-state index contributed by atoms with van der Waals surface area (Å²) in [5, 5.41) is 0. The van der Waals surface area contributed by atoms with E-state index in [9.17, 15) is 12.8 Å². The second-order valence-electron chi connectivity index (χ2n) is 5.04. The number of ether oxygens (including phenoxy) is 2. The summed E-state index contributed by atoms with van der Waals surface area (Å²) in [5.41, 5.74) is 2.32. The van der Waals surface area contributed by atoms with Crippen LogP contribution in [0.4, 0.5) is 10.1 Å². The number of rotatable bonds is 5. The Hall–Kier alpha value is -2.28. The highest BCUT2D eigenvalue weighted by atomic mass is 32.2. The number of hydrogen-bond donors (Lipinski definition) is 1. The molecule has 0 aromatic heterocycles. The van der Waals surface area contributed by atoms with Crippen molar-refractivity contribution in [3.63, 3.8) is 0 Å². The Morgan fingerprint density at radius 1 is 0.957 bits per heavy atom. The molecule has 0 amide bonds.